The molecule has 0 saturated heterocycles. The van der Waals surface area contributed by atoms with Gasteiger partial charge in [-0.15, -0.1) is 10.2 Å². The first-order valence-corrected chi connectivity index (χ1v) is 13.4. The maximum absolute atomic E-state index is 12.2. The molecular weight excluding hydrogens is 597 g/mol. The Bertz CT molecular complexity index is 1550. The Kier molecular flexibility index (Phi) is 10.4. The number of non-ortho nitro benzene ring substituents is 1. The van der Waals surface area contributed by atoms with Gasteiger partial charge in [-0.1, -0.05) is 35.0 Å². The number of nitrogens with zero attached hydrogens (tertiary/aromatic N) is 4. The molecule has 0 saturated carbocycles. The maximum Gasteiger partial charge on any atom is 0.277 e. The number of thioether (sulfide) groups is 1. The highest BCUT2D eigenvalue weighted by Crippen LogP contribution is 2.29. The van der Waals surface area contributed by atoms with Crippen LogP contribution in [-0.2, 0) is 18.0 Å². The third-order valence-corrected chi connectivity index (χ3v) is 6.50. The molecule has 212 valence electrons. The van der Waals surface area contributed by atoms with Gasteiger partial charge in [-0.2, -0.15) is 5.10 Å². The van der Waals surface area contributed by atoms with Crippen LogP contribution in [0.15, 0.2) is 75.4 Å². The Hall–Kier alpha value is -4.33. The van der Waals surface area contributed by atoms with E-state index in [0.29, 0.717) is 32.9 Å². The number of halogens is 2. The van der Waals surface area contributed by atoms with E-state index in [0.717, 1.165) is 17.3 Å². The quantitative estimate of drug-likeness (QED) is 0.0856. The number of carbonyl (C=O) groups excluding carboxylic acids is 1. The van der Waals surface area contributed by atoms with Crippen LogP contribution in [0.25, 0.3) is 0 Å². The number of nitro benzene ring substituents is 1. The van der Waals surface area contributed by atoms with Gasteiger partial charge in [-0.3, -0.25) is 14.9 Å². The van der Waals surface area contributed by atoms with Gasteiger partial charge in [-0.05, 0) is 59.7 Å². The molecule has 1 heterocycles. The van der Waals surface area contributed by atoms with Gasteiger partial charge in [0.05, 0.1) is 29.0 Å². The van der Waals surface area contributed by atoms with Crippen molar-refractivity contribution in [1.82, 2.24) is 15.6 Å². The van der Waals surface area contributed by atoms with Crippen molar-refractivity contribution in [2.75, 3.05) is 12.9 Å². The zero-order valence-corrected chi connectivity index (χ0v) is 23.6. The molecular formula is C26H21Cl2N5O7S. The van der Waals surface area contributed by atoms with Crippen molar-refractivity contribution >= 4 is 52.8 Å². The summed E-state index contributed by atoms with van der Waals surface area (Å²) < 4.78 is 22.2. The smallest absolute Gasteiger partial charge is 0.277 e. The van der Waals surface area contributed by atoms with Crippen LogP contribution in [-0.4, -0.2) is 40.1 Å². The zero-order valence-electron chi connectivity index (χ0n) is 21.3. The Morgan fingerprint density at radius 1 is 1.05 bits per heavy atom. The topological polar surface area (TPSA) is 151 Å². The van der Waals surface area contributed by atoms with Crippen molar-refractivity contribution in [2.24, 2.45) is 5.10 Å². The number of rotatable bonds is 13. The number of hydrazone groups is 1. The molecule has 0 aliphatic heterocycles. The van der Waals surface area contributed by atoms with E-state index in [2.05, 4.69) is 20.7 Å². The summed E-state index contributed by atoms with van der Waals surface area (Å²) in [5.41, 5.74) is 3.85. The molecule has 1 aromatic heterocycles. The summed E-state index contributed by atoms with van der Waals surface area (Å²) in [6.45, 7) is 0.191. The van der Waals surface area contributed by atoms with Crippen molar-refractivity contribution < 1.29 is 28.3 Å². The first-order chi connectivity index (χ1) is 19.8. The number of amides is 1. The number of aromatic nitrogens is 2. The zero-order chi connectivity index (χ0) is 29.2. The van der Waals surface area contributed by atoms with Crippen LogP contribution in [0.1, 0.15) is 17.0 Å². The van der Waals surface area contributed by atoms with E-state index in [1.54, 1.807) is 48.5 Å². The normalized spacial score (nSPS) is 10.9. The second-order valence-electron chi connectivity index (χ2n) is 8.03. The van der Waals surface area contributed by atoms with Crippen molar-refractivity contribution in [2.45, 2.75) is 18.4 Å². The number of hydrogen-bond donors (Lipinski definition) is 1. The second-order valence-corrected chi connectivity index (χ2v) is 9.80. The molecule has 4 rings (SSSR count). The van der Waals surface area contributed by atoms with Gasteiger partial charge in [0.15, 0.2) is 18.1 Å². The van der Waals surface area contributed by atoms with Crippen LogP contribution in [0.5, 0.6) is 17.2 Å². The van der Waals surface area contributed by atoms with Gasteiger partial charge in [0, 0.05) is 17.2 Å². The second kappa shape index (κ2) is 14.3. The highest BCUT2D eigenvalue weighted by molar-refractivity contribution is 7.99. The lowest BCUT2D eigenvalue weighted by atomic mass is 10.2. The van der Waals surface area contributed by atoms with E-state index in [4.69, 9.17) is 41.8 Å². The first kappa shape index (κ1) is 29.6. The molecule has 0 radical (unpaired) electrons. The predicted octanol–water partition coefficient (Wildman–Crippen LogP) is 5.69. The highest BCUT2D eigenvalue weighted by Gasteiger charge is 2.12. The van der Waals surface area contributed by atoms with Crippen LogP contribution >= 0.6 is 35.0 Å². The number of methoxy groups -OCH3 is 1. The standard InChI is InChI=1S/C26H21Cl2N5O7S/c1-37-23-10-17(4-8-22(23)38-13-16-2-6-19(7-3-16)33(35)36)12-29-30-24(34)15-41-26-32-31-25(40-26)14-39-21-9-5-18(27)11-20(21)28/h2-12H,13-15H2,1H3,(H,30,34)/b29-12-. The van der Waals surface area contributed by atoms with Gasteiger partial charge in [0.2, 0.25) is 0 Å². The monoisotopic (exact) mass is 617 g/mol. The average molecular weight is 618 g/mol. The van der Waals surface area contributed by atoms with Gasteiger partial charge in [0.1, 0.15) is 12.4 Å². The van der Waals surface area contributed by atoms with Gasteiger partial charge in [-0.25, -0.2) is 5.43 Å². The molecule has 0 fully saturated rings. The summed E-state index contributed by atoms with van der Waals surface area (Å²) in [5, 5.41) is 23.5. The van der Waals surface area contributed by atoms with Crippen LogP contribution in [0.2, 0.25) is 10.0 Å². The number of nitrogens with one attached hydrogen (secondary N) is 1. The molecule has 0 unspecified atom stereocenters. The summed E-state index contributed by atoms with van der Waals surface area (Å²) in [5.74, 6) is 1.16. The summed E-state index contributed by atoms with van der Waals surface area (Å²) in [7, 11) is 1.50. The minimum atomic E-state index is -0.461. The molecule has 0 aliphatic rings. The number of carbonyl (C=O) groups is 1. The molecule has 0 bridgehead atoms. The van der Waals surface area contributed by atoms with Gasteiger partial charge in [0.25, 0.3) is 22.7 Å². The van der Waals surface area contributed by atoms with Crippen LogP contribution in [0.3, 0.4) is 0 Å². The van der Waals surface area contributed by atoms with E-state index in [1.807, 2.05) is 0 Å². The average Bonchev–Trinajstić information content (AvgIpc) is 3.43. The maximum atomic E-state index is 12.2. The lowest BCUT2D eigenvalue weighted by Gasteiger charge is -2.11. The van der Waals surface area contributed by atoms with Crippen LogP contribution in [0, 0.1) is 10.1 Å². The van der Waals surface area contributed by atoms with Crippen molar-refractivity contribution in [1.29, 1.82) is 0 Å². The van der Waals surface area contributed by atoms with E-state index in [9.17, 15) is 14.9 Å². The van der Waals surface area contributed by atoms with Gasteiger partial charge < -0.3 is 18.6 Å². The fraction of sp³-hybridized carbons (Fsp3) is 0.154. The van der Waals surface area contributed by atoms with E-state index in [1.165, 1.54) is 25.5 Å². The molecule has 0 atom stereocenters. The molecule has 1 N–H and O–H groups in total. The van der Waals surface area contributed by atoms with E-state index in [-0.39, 0.29) is 41.7 Å². The number of nitro groups is 1. The van der Waals surface area contributed by atoms with Gasteiger partial charge >= 0.3 is 0 Å². The summed E-state index contributed by atoms with van der Waals surface area (Å²) in [6, 6.07) is 16.0. The van der Waals surface area contributed by atoms with Crippen LogP contribution < -0.4 is 19.6 Å². The number of benzene rings is 3. The van der Waals surface area contributed by atoms with E-state index >= 15 is 0 Å². The molecule has 0 spiro atoms. The lowest BCUT2D eigenvalue weighted by Crippen LogP contribution is -2.19. The largest absolute Gasteiger partial charge is 0.493 e. The molecule has 15 heteroatoms. The molecule has 3 aromatic carbocycles. The molecule has 1 amide bonds. The minimum Gasteiger partial charge on any atom is -0.493 e. The fourth-order valence-corrected chi connectivity index (χ4v) is 4.22. The Labute approximate surface area is 247 Å². The Morgan fingerprint density at radius 2 is 1.80 bits per heavy atom. The molecule has 41 heavy (non-hydrogen) atoms. The minimum absolute atomic E-state index is 0.00423. The van der Waals surface area contributed by atoms with Crippen LogP contribution in [0.4, 0.5) is 5.69 Å². The number of hydrogen-bond acceptors (Lipinski definition) is 11. The molecule has 4 aromatic rings. The van der Waals surface area contributed by atoms with Crippen molar-refractivity contribution in [3.8, 4) is 17.2 Å². The summed E-state index contributed by atoms with van der Waals surface area (Å²) in [4.78, 5) is 22.5. The lowest BCUT2D eigenvalue weighted by molar-refractivity contribution is -0.384. The van der Waals surface area contributed by atoms with Crippen molar-refractivity contribution in [3.63, 3.8) is 0 Å². The third kappa shape index (κ3) is 8.83. The van der Waals surface area contributed by atoms with E-state index < -0.39 is 4.92 Å². The third-order valence-electron chi connectivity index (χ3n) is 5.15. The Morgan fingerprint density at radius 3 is 2.54 bits per heavy atom. The SMILES string of the molecule is COc1cc(/C=N\NC(=O)CSc2nnc(COc3ccc(Cl)cc3Cl)o2)ccc1OCc1ccc([N+](=O)[O-])cc1. The highest BCUT2D eigenvalue weighted by atomic mass is 35.5. The summed E-state index contributed by atoms with van der Waals surface area (Å²) >= 11 is 13.0. The fourth-order valence-electron chi connectivity index (χ4n) is 3.18. The summed E-state index contributed by atoms with van der Waals surface area (Å²) in [6.07, 6.45) is 1.45. The Balaban J connectivity index is 1.22. The van der Waals surface area contributed by atoms with Crippen molar-refractivity contribution in [3.05, 3.63) is 97.8 Å². The first-order valence-electron chi connectivity index (χ1n) is 11.7. The molecule has 0 aliphatic carbocycles. The number of ether oxygens (including phenoxy) is 3. The molecule has 12 nitrogen and oxygen atoms in total. The predicted molar refractivity (Wildman–Crippen MR) is 152 cm³/mol.